The predicted octanol–water partition coefficient (Wildman–Crippen LogP) is 5.63. The van der Waals surface area contributed by atoms with Crippen molar-refractivity contribution in [3.8, 4) is 0 Å². The van der Waals surface area contributed by atoms with Crippen LogP contribution in [0.1, 0.15) is 16.7 Å². The van der Waals surface area contributed by atoms with E-state index in [1.54, 1.807) is 37.3 Å². The molecule has 3 rings (SSSR count). The summed E-state index contributed by atoms with van der Waals surface area (Å²) in [6.45, 7) is 3.80. The van der Waals surface area contributed by atoms with Gasteiger partial charge in [0.25, 0.3) is 10.0 Å². The van der Waals surface area contributed by atoms with Crippen LogP contribution in [0.5, 0.6) is 0 Å². The van der Waals surface area contributed by atoms with Crippen molar-refractivity contribution in [2.75, 3.05) is 15.8 Å². The zero-order valence-electron chi connectivity index (χ0n) is 17.2. The summed E-state index contributed by atoms with van der Waals surface area (Å²) in [5, 5.41) is 3.28. The van der Waals surface area contributed by atoms with E-state index >= 15 is 0 Å². The second kappa shape index (κ2) is 10.2. The van der Waals surface area contributed by atoms with Gasteiger partial charge in [0.05, 0.1) is 16.3 Å². The number of halogens is 1. The summed E-state index contributed by atoms with van der Waals surface area (Å²) in [6, 6.07) is 19.2. The van der Waals surface area contributed by atoms with E-state index in [1.165, 1.54) is 35.0 Å². The van der Waals surface area contributed by atoms with Crippen LogP contribution in [0.15, 0.2) is 71.6 Å². The SMILES string of the molecule is Cc1ccccc1CSCC(=O)Nc1ccc(S(=O)(=O)Nc2cccc(Cl)c2C)cc1. The maximum Gasteiger partial charge on any atom is 0.261 e. The quantitative estimate of drug-likeness (QED) is 0.443. The zero-order chi connectivity index (χ0) is 22.4. The third-order valence-electron chi connectivity index (χ3n) is 4.71. The van der Waals surface area contributed by atoms with E-state index in [0.29, 0.717) is 27.7 Å². The second-order valence-corrected chi connectivity index (χ2v) is 10.1. The Morgan fingerprint density at radius 2 is 1.68 bits per heavy atom. The van der Waals surface area contributed by atoms with Crippen molar-refractivity contribution in [1.29, 1.82) is 0 Å². The summed E-state index contributed by atoms with van der Waals surface area (Å²) < 4.78 is 27.9. The van der Waals surface area contributed by atoms with Gasteiger partial charge in [-0.1, -0.05) is 41.9 Å². The number of carbonyl (C=O) groups excluding carboxylic acids is 1. The average molecular weight is 475 g/mol. The van der Waals surface area contributed by atoms with Crippen LogP contribution in [0.25, 0.3) is 0 Å². The minimum absolute atomic E-state index is 0.0961. The molecule has 0 saturated carbocycles. The maximum absolute atomic E-state index is 12.7. The fourth-order valence-corrected chi connectivity index (χ4v) is 5.06. The Bertz CT molecular complexity index is 1180. The molecule has 2 N–H and O–H groups in total. The number of carbonyl (C=O) groups is 1. The Kier molecular flexibility index (Phi) is 7.64. The van der Waals surface area contributed by atoms with Gasteiger partial charge in [0.15, 0.2) is 0 Å². The summed E-state index contributed by atoms with van der Waals surface area (Å²) in [6.07, 6.45) is 0. The first-order valence-electron chi connectivity index (χ1n) is 9.56. The van der Waals surface area contributed by atoms with Gasteiger partial charge in [-0.15, -0.1) is 11.8 Å². The highest BCUT2D eigenvalue weighted by molar-refractivity contribution is 7.99. The minimum Gasteiger partial charge on any atom is -0.325 e. The molecule has 0 heterocycles. The lowest BCUT2D eigenvalue weighted by Crippen LogP contribution is -2.15. The van der Waals surface area contributed by atoms with Gasteiger partial charge in [-0.3, -0.25) is 9.52 Å². The number of aryl methyl sites for hydroxylation is 1. The molecule has 3 aromatic carbocycles. The number of anilines is 2. The summed E-state index contributed by atoms with van der Waals surface area (Å²) >= 11 is 7.59. The molecule has 0 aliphatic rings. The molecule has 0 bridgehead atoms. The molecule has 3 aromatic rings. The van der Waals surface area contributed by atoms with Crippen molar-refractivity contribution >= 4 is 50.7 Å². The molecule has 0 saturated heterocycles. The molecule has 8 heteroatoms. The minimum atomic E-state index is -3.77. The standard InChI is InChI=1S/C23H23ClN2O3S2/c1-16-6-3-4-7-18(16)14-30-15-23(27)25-19-10-12-20(13-11-19)31(28,29)26-22-9-5-8-21(24)17(22)2/h3-13,26H,14-15H2,1-2H3,(H,25,27). The highest BCUT2D eigenvalue weighted by atomic mass is 35.5. The molecule has 0 unspecified atom stereocenters. The highest BCUT2D eigenvalue weighted by Crippen LogP contribution is 2.26. The van der Waals surface area contributed by atoms with Gasteiger partial charge in [-0.2, -0.15) is 0 Å². The van der Waals surface area contributed by atoms with Crippen LogP contribution in [0.3, 0.4) is 0 Å². The lowest BCUT2D eigenvalue weighted by Gasteiger charge is -2.12. The number of rotatable bonds is 8. The Balaban J connectivity index is 1.57. The van der Waals surface area contributed by atoms with Crippen molar-refractivity contribution in [1.82, 2.24) is 0 Å². The van der Waals surface area contributed by atoms with E-state index in [0.717, 1.165) is 5.75 Å². The van der Waals surface area contributed by atoms with Crippen molar-refractivity contribution in [2.45, 2.75) is 24.5 Å². The van der Waals surface area contributed by atoms with Crippen molar-refractivity contribution in [3.63, 3.8) is 0 Å². The van der Waals surface area contributed by atoms with Crippen LogP contribution >= 0.6 is 23.4 Å². The van der Waals surface area contributed by atoms with E-state index in [-0.39, 0.29) is 10.8 Å². The zero-order valence-corrected chi connectivity index (χ0v) is 19.6. The van der Waals surface area contributed by atoms with Crippen molar-refractivity contribution in [3.05, 3.63) is 88.4 Å². The van der Waals surface area contributed by atoms with Gasteiger partial charge in [-0.25, -0.2) is 8.42 Å². The molecule has 0 radical (unpaired) electrons. The molecule has 31 heavy (non-hydrogen) atoms. The van der Waals surface area contributed by atoms with Crippen LogP contribution < -0.4 is 10.0 Å². The summed E-state index contributed by atoms with van der Waals surface area (Å²) in [5.74, 6) is 0.928. The summed E-state index contributed by atoms with van der Waals surface area (Å²) in [5.41, 5.74) is 4.03. The molecule has 0 atom stereocenters. The van der Waals surface area contributed by atoms with Gasteiger partial charge in [-0.05, 0) is 66.9 Å². The fourth-order valence-electron chi connectivity index (χ4n) is 2.86. The first kappa shape index (κ1) is 23.2. The number of hydrogen-bond donors (Lipinski definition) is 2. The number of hydrogen-bond acceptors (Lipinski definition) is 4. The number of benzene rings is 3. The molecule has 0 fully saturated rings. The monoisotopic (exact) mass is 474 g/mol. The Hall–Kier alpha value is -2.48. The van der Waals surface area contributed by atoms with Gasteiger partial charge in [0, 0.05) is 16.5 Å². The van der Waals surface area contributed by atoms with E-state index in [4.69, 9.17) is 11.6 Å². The molecule has 0 aliphatic carbocycles. The second-order valence-electron chi connectivity index (χ2n) is 7.01. The van der Waals surface area contributed by atoms with Gasteiger partial charge >= 0.3 is 0 Å². The average Bonchev–Trinajstić information content (AvgIpc) is 2.73. The Morgan fingerprint density at radius 1 is 0.968 bits per heavy atom. The van der Waals surface area contributed by atoms with Gasteiger partial charge in [0.2, 0.25) is 5.91 Å². The smallest absolute Gasteiger partial charge is 0.261 e. The molecular formula is C23H23ClN2O3S2. The molecule has 5 nitrogen and oxygen atoms in total. The predicted molar refractivity (Wildman–Crippen MR) is 129 cm³/mol. The largest absolute Gasteiger partial charge is 0.325 e. The highest BCUT2D eigenvalue weighted by Gasteiger charge is 2.16. The third kappa shape index (κ3) is 6.26. The summed E-state index contributed by atoms with van der Waals surface area (Å²) in [4.78, 5) is 12.3. The molecule has 0 spiro atoms. The molecule has 0 aromatic heterocycles. The maximum atomic E-state index is 12.7. The molecule has 162 valence electrons. The van der Waals surface area contributed by atoms with Crippen molar-refractivity contribution < 1.29 is 13.2 Å². The number of amides is 1. The first-order valence-corrected chi connectivity index (χ1v) is 12.6. The van der Waals surface area contributed by atoms with Crippen LogP contribution in [0, 0.1) is 13.8 Å². The van der Waals surface area contributed by atoms with Gasteiger partial charge in [0.1, 0.15) is 0 Å². The van der Waals surface area contributed by atoms with Crippen LogP contribution in [-0.2, 0) is 20.6 Å². The molecule has 0 aliphatic heterocycles. The lowest BCUT2D eigenvalue weighted by atomic mass is 10.1. The Morgan fingerprint density at radius 3 is 2.39 bits per heavy atom. The number of nitrogens with one attached hydrogen (secondary N) is 2. The first-order chi connectivity index (χ1) is 14.8. The van der Waals surface area contributed by atoms with Crippen LogP contribution in [-0.4, -0.2) is 20.1 Å². The summed E-state index contributed by atoms with van der Waals surface area (Å²) in [7, 11) is -3.77. The van der Waals surface area contributed by atoms with Gasteiger partial charge < -0.3 is 5.32 Å². The Labute approximate surface area is 192 Å². The fraction of sp³-hybridized carbons (Fsp3) is 0.174. The van der Waals surface area contributed by atoms with E-state index < -0.39 is 10.0 Å². The van der Waals surface area contributed by atoms with Crippen LogP contribution in [0.4, 0.5) is 11.4 Å². The van der Waals surface area contributed by atoms with E-state index in [9.17, 15) is 13.2 Å². The number of thioether (sulfide) groups is 1. The number of sulfonamides is 1. The topological polar surface area (TPSA) is 75.3 Å². The van der Waals surface area contributed by atoms with Crippen molar-refractivity contribution in [2.24, 2.45) is 0 Å². The van der Waals surface area contributed by atoms with E-state index in [2.05, 4.69) is 16.1 Å². The van der Waals surface area contributed by atoms with Crippen LogP contribution in [0.2, 0.25) is 5.02 Å². The third-order valence-corrected chi connectivity index (χ3v) is 7.48. The van der Waals surface area contributed by atoms with E-state index in [1.807, 2.05) is 25.1 Å². The lowest BCUT2D eigenvalue weighted by molar-refractivity contribution is -0.113. The molecule has 1 amide bonds. The molecular weight excluding hydrogens is 452 g/mol. The normalized spacial score (nSPS) is 11.2.